The van der Waals surface area contributed by atoms with Crippen LogP contribution in [0.4, 0.5) is 13.2 Å². The lowest BCUT2D eigenvalue weighted by Gasteiger charge is -2.24. The van der Waals surface area contributed by atoms with Crippen LogP contribution >= 0.6 is 0 Å². The predicted molar refractivity (Wildman–Crippen MR) is 115 cm³/mol. The van der Waals surface area contributed by atoms with E-state index in [-0.39, 0.29) is 41.9 Å². The first-order valence-electron chi connectivity index (χ1n) is 10.7. The minimum Gasteiger partial charge on any atom is -0.488 e. The normalized spacial score (nSPS) is 14.3. The Labute approximate surface area is 181 Å². The van der Waals surface area contributed by atoms with Gasteiger partial charge in [0.05, 0.1) is 6.10 Å². The summed E-state index contributed by atoms with van der Waals surface area (Å²) in [6, 6.07) is 4.80. The van der Waals surface area contributed by atoms with Crippen LogP contribution in [0.2, 0.25) is 0 Å². The highest BCUT2D eigenvalue weighted by Gasteiger charge is 2.28. The molecule has 0 bridgehead atoms. The number of allylic oxidation sites excluding steroid dienone is 1. The van der Waals surface area contributed by atoms with Gasteiger partial charge in [-0.15, -0.1) is 6.58 Å². The van der Waals surface area contributed by atoms with Crippen LogP contribution in [0.5, 0.6) is 17.2 Å². The van der Waals surface area contributed by atoms with Gasteiger partial charge in [-0.1, -0.05) is 32.4 Å². The van der Waals surface area contributed by atoms with Crippen LogP contribution < -0.4 is 9.47 Å². The topological polar surface area (TPSA) is 27.7 Å². The summed E-state index contributed by atoms with van der Waals surface area (Å²) in [6.45, 7) is 10.4. The van der Waals surface area contributed by atoms with Crippen molar-refractivity contribution < 1.29 is 27.4 Å². The first kappa shape index (κ1) is 23.2. The molecule has 0 N–H and O–H groups in total. The minimum atomic E-state index is -1.10. The average Bonchev–Trinajstić information content (AvgIpc) is 2.77. The maximum atomic E-state index is 15.0. The standard InChI is InChI=1S/C25H29F3O3/c1-5-7-8-17-11-19-12-18-9-10-20(30-14-16(4)29-13-15(3)6-2)22(27)24(18)31-25(19)23(28)21(17)26/h5,9-11,15-16H,1,6-8,12-14H2,2-4H3. The summed E-state index contributed by atoms with van der Waals surface area (Å²) in [5.41, 5.74) is 1.31. The van der Waals surface area contributed by atoms with Gasteiger partial charge in [0.15, 0.2) is 23.1 Å². The number of hydrogen-bond acceptors (Lipinski definition) is 3. The molecule has 6 heteroatoms. The van der Waals surface area contributed by atoms with Gasteiger partial charge in [-0.3, -0.25) is 0 Å². The third kappa shape index (κ3) is 5.24. The van der Waals surface area contributed by atoms with E-state index >= 15 is 4.39 Å². The molecule has 168 valence electrons. The van der Waals surface area contributed by atoms with E-state index in [1.54, 1.807) is 18.2 Å². The molecule has 2 aromatic carbocycles. The molecule has 0 saturated heterocycles. The Kier molecular flexibility index (Phi) is 7.65. The summed E-state index contributed by atoms with van der Waals surface area (Å²) in [4.78, 5) is 0. The van der Waals surface area contributed by atoms with Crippen LogP contribution in [-0.4, -0.2) is 19.3 Å². The van der Waals surface area contributed by atoms with Crippen molar-refractivity contribution in [2.24, 2.45) is 5.92 Å². The number of ether oxygens (including phenoxy) is 3. The van der Waals surface area contributed by atoms with Crippen LogP contribution in [0, 0.1) is 23.4 Å². The van der Waals surface area contributed by atoms with Gasteiger partial charge in [-0.2, -0.15) is 8.78 Å². The molecule has 0 aromatic heterocycles. The fraction of sp³-hybridized carbons (Fsp3) is 0.440. The Morgan fingerprint density at radius 2 is 1.81 bits per heavy atom. The third-order valence-electron chi connectivity index (χ3n) is 5.50. The summed E-state index contributed by atoms with van der Waals surface area (Å²) in [5.74, 6) is -2.77. The largest absolute Gasteiger partial charge is 0.488 e. The lowest BCUT2D eigenvalue weighted by Crippen LogP contribution is -2.21. The Hall–Kier alpha value is -2.47. The van der Waals surface area contributed by atoms with Crippen molar-refractivity contribution in [3.63, 3.8) is 0 Å². The Morgan fingerprint density at radius 3 is 2.52 bits per heavy atom. The summed E-state index contributed by atoms with van der Waals surface area (Å²) >= 11 is 0. The second kappa shape index (κ2) is 10.2. The molecule has 0 amide bonds. The van der Waals surface area contributed by atoms with E-state index in [0.717, 1.165) is 6.42 Å². The highest BCUT2D eigenvalue weighted by molar-refractivity contribution is 5.54. The van der Waals surface area contributed by atoms with Crippen molar-refractivity contribution in [3.8, 4) is 17.2 Å². The SMILES string of the molecule is C=CCCc1cc2c(c(F)c1F)Oc1c(ccc(OCC(C)OCC(C)CC)c1F)C2. The molecule has 3 rings (SSSR count). The molecule has 0 aliphatic carbocycles. The number of rotatable bonds is 10. The lowest BCUT2D eigenvalue weighted by atomic mass is 9.96. The monoisotopic (exact) mass is 434 g/mol. The zero-order valence-corrected chi connectivity index (χ0v) is 18.3. The van der Waals surface area contributed by atoms with Crippen LogP contribution in [0.15, 0.2) is 30.9 Å². The van der Waals surface area contributed by atoms with Gasteiger partial charge < -0.3 is 14.2 Å². The van der Waals surface area contributed by atoms with Crippen molar-refractivity contribution in [1.29, 1.82) is 0 Å². The van der Waals surface area contributed by atoms with Gasteiger partial charge in [0.2, 0.25) is 11.6 Å². The van der Waals surface area contributed by atoms with E-state index in [1.165, 1.54) is 6.07 Å². The molecule has 0 spiro atoms. The number of fused-ring (bicyclic) bond motifs is 2. The molecule has 1 aliphatic heterocycles. The molecule has 2 atom stereocenters. The summed E-state index contributed by atoms with van der Waals surface area (Å²) in [7, 11) is 0. The zero-order valence-electron chi connectivity index (χ0n) is 18.3. The summed E-state index contributed by atoms with van der Waals surface area (Å²) in [6.07, 6.45) is 3.56. The van der Waals surface area contributed by atoms with E-state index in [1.807, 2.05) is 6.92 Å². The Bertz CT molecular complexity index is 942. The number of benzene rings is 2. The second-order valence-corrected chi connectivity index (χ2v) is 8.09. The molecule has 0 saturated carbocycles. The predicted octanol–water partition coefficient (Wildman–Crippen LogP) is 6.75. The van der Waals surface area contributed by atoms with E-state index in [0.29, 0.717) is 36.5 Å². The molecular formula is C25H29F3O3. The highest BCUT2D eigenvalue weighted by Crippen LogP contribution is 2.43. The van der Waals surface area contributed by atoms with Crippen molar-refractivity contribution >= 4 is 0 Å². The van der Waals surface area contributed by atoms with Gasteiger partial charge >= 0.3 is 0 Å². The van der Waals surface area contributed by atoms with Gasteiger partial charge in [0.25, 0.3) is 0 Å². The van der Waals surface area contributed by atoms with Gasteiger partial charge in [-0.05, 0) is 43.4 Å². The van der Waals surface area contributed by atoms with Crippen LogP contribution in [0.1, 0.15) is 50.3 Å². The highest BCUT2D eigenvalue weighted by atomic mass is 19.2. The maximum Gasteiger partial charge on any atom is 0.207 e. The molecule has 31 heavy (non-hydrogen) atoms. The van der Waals surface area contributed by atoms with Gasteiger partial charge in [0, 0.05) is 24.2 Å². The van der Waals surface area contributed by atoms with E-state index in [9.17, 15) is 8.78 Å². The molecular weight excluding hydrogens is 405 g/mol. The molecule has 0 radical (unpaired) electrons. The van der Waals surface area contributed by atoms with Gasteiger partial charge in [-0.25, -0.2) is 4.39 Å². The van der Waals surface area contributed by atoms with Crippen molar-refractivity contribution in [2.45, 2.75) is 52.6 Å². The van der Waals surface area contributed by atoms with E-state index in [2.05, 4.69) is 20.4 Å². The minimum absolute atomic E-state index is 0.00956. The summed E-state index contributed by atoms with van der Waals surface area (Å²) < 4.78 is 60.9. The van der Waals surface area contributed by atoms with Crippen molar-refractivity contribution in [2.75, 3.05) is 13.2 Å². The fourth-order valence-electron chi connectivity index (χ4n) is 3.35. The van der Waals surface area contributed by atoms with Gasteiger partial charge in [0.1, 0.15) is 6.61 Å². The molecule has 2 aromatic rings. The van der Waals surface area contributed by atoms with Crippen LogP contribution in [-0.2, 0) is 17.6 Å². The van der Waals surface area contributed by atoms with E-state index in [4.69, 9.17) is 14.2 Å². The van der Waals surface area contributed by atoms with Crippen LogP contribution in [0.25, 0.3) is 0 Å². The maximum absolute atomic E-state index is 15.0. The average molecular weight is 434 g/mol. The Balaban J connectivity index is 1.75. The first-order chi connectivity index (χ1) is 14.8. The lowest BCUT2D eigenvalue weighted by molar-refractivity contribution is 0.0140. The van der Waals surface area contributed by atoms with E-state index < -0.39 is 17.5 Å². The number of hydrogen-bond donors (Lipinski definition) is 0. The van der Waals surface area contributed by atoms with Crippen LogP contribution in [0.3, 0.4) is 0 Å². The number of aryl methyl sites for hydroxylation is 1. The zero-order chi connectivity index (χ0) is 22.5. The molecule has 2 unspecified atom stereocenters. The van der Waals surface area contributed by atoms with Crippen molar-refractivity contribution in [1.82, 2.24) is 0 Å². The molecule has 0 fully saturated rings. The second-order valence-electron chi connectivity index (χ2n) is 8.09. The fourth-order valence-corrected chi connectivity index (χ4v) is 3.35. The molecule has 1 aliphatic rings. The van der Waals surface area contributed by atoms with Crippen molar-refractivity contribution in [3.05, 3.63) is 65.0 Å². The Morgan fingerprint density at radius 1 is 1.06 bits per heavy atom. The first-order valence-corrected chi connectivity index (χ1v) is 10.7. The third-order valence-corrected chi connectivity index (χ3v) is 5.50. The number of halogens is 3. The quantitative estimate of drug-likeness (QED) is 0.330. The summed E-state index contributed by atoms with van der Waals surface area (Å²) in [5, 5.41) is 0. The smallest absolute Gasteiger partial charge is 0.207 e. The molecule has 3 nitrogen and oxygen atoms in total. The molecule has 1 heterocycles.